The van der Waals surface area contributed by atoms with Gasteiger partial charge in [0, 0.05) is 23.3 Å². The van der Waals surface area contributed by atoms with Crippen molar-refractivity contribution in [1.82, 2.24) is 0 Å². The van der Waals surface area contributed by atoms with Crippen LogP contribution in [0.3, 0.4) is 0 Å². The van der Waals surface area contributed by atoms with E-state index in [1.54, 1.807) is 18.2 Å². The summed E-state index contributed by atoms with van der Waals surface area (Å²) >= 11 is 11.9. The van der Waals surface area contributed by atoms with E-state index in [2.05, 4.69) is 24.4 Å². The van der Waals surface area contributed by atoms with Crippen LogP contribution in [0.1, 0.15) is 5.56 Å². The SMILES string of the molecule is Cc1ccc(NCCOc2cc(Cl)ccc2Cl)cc1. The van der Waals surface area contributed by atoms with E-state index in [0.29, 0.717) is 28.9 Å². The number of ether oxygens (including phenoxy) is 1. The van der Waals surface area contributed by atoms with Crippen molar-refractivity contribution in [3.05, 3.63) is 58.1 Å². The quantitative estimate of drug-likeness (QED) is 0.801. The lowest BCUT2D eigenvalue weighted by Crippen LogP contribution is -2.11. The molecule has 0 unspecified atom stereocenters. The first-order valence-electron chi connectivity index (χ1n) is 6.03. The van der Waals surface area contributed by atoms with Crippen LogP contribution >= 0.6 is 23.2 Å². The third-order valence-corrected chi connectivity index (χ3v) is 3.18. The van der Waals surface area contributed by atoms with E-state index in [9.17, 15) is 0 Å². The monoisotopic (exact) mass is 295 g/mol. The first-order valence-corrected chi connectivity index (χ1v) is 6.79. The molecule has 0 aliphatic heterocycles. The topological polar surface area (TPSA) is 21.3 Å². The second-order valence-corrected chi connectivity index (χ2v) is 5.06. The molecule has 0 fully saturated rings. The molecule has 4 heteroatoms. The number of anilines is 1. The molecule has 0 spiro atoms. The summed E-state index contributed by atoms with van der Waals surface area (Å²) in [5, 5.41) is 4.46. The Morgan fingerprint density at radius 1 is 1.05 bits per heavy atom. The number of hydrogen-bond donors (Lipinski definition) is 1. The van der Waals surface area contributed by atoms with Crippen molar-refractivity contribution in [2.24, 2.45) is 0 Å². The second-order valence-electron chi connectivity index (χ2n) is 4.22. The molecular formula is C15H15Cl2NO. The van der Waals surface area contributed by atoms with Crippen molar-refractivity contribution in [3.8, 4) is 5.75 Å². The predicted octanol–water partition coefficient (Wildman–Crippen LogP) is 4.79. The molecule has 2 aromatic carbocycles. The van der Waals surface area contributed by atoms with Crippen molar-refractivity contribution >= 4 is 28.9 Å². The number of halogens is 2. The van der Waals surface area contributed by atoms with E-state index in [0.717, 1.165) is 5.69 Å². The van der Waals surface area contributed by atoms with Gasteiger partial charge >= 0.3 is 0 Å². The highest BCUT2D eigenvalue weighted by atomic mass is 35.5. The van der Waals surface area contributed by atoms with E-state index in [4.69, 9.17) is 27.9 Å². The lowest BCUT2D eigenvalue weighted by atomic mass is 10.2. The highest BCUT2D eigenvalue weighted by molar-refractivity contribution is 6.34. The van der Waals surface area contributed by atoms with E-state index in [1.807, 2.05) is 12.1 Å². The standard InChI is InChI=1S/C15H15Cl2NO/c1-11-2-5-13(6-3-11)18-8-9-19-15-10-12(16)4-7-14(15)17/h2-7,10,18H,8-9H2,1H3. The van der Waals surface area contributed by atoms with Gasteiger partial charge in [0.2, 0.25) is 0 Å². The van der Waals surface area contributed by atoms with Crippen LogP contribution in [-0.4, -0.2) is 13.2 Å². The van der Waals surface area contributed by atoms with Gasteiger partial charge in [0.05, 0.1) is 5.02 Å². The second kappa shape index (κ2) is 6.69. The molecule has 0 heterocycles. The third-order valence-electron chi connectivity index (χ3n) is 2.63. The number of benzene rings is 2. The van der Waals surface area contributed by atoms with Crippen molar-refractivity contribution in [2.75, 3.05) is 18.5 Å². The third kappa shape index (κ3) is 4.34. The van der Waals surface area contributed by atoms with Gasteiger partial charge in [0.1, 0.15) is 12.4 Å². The molecule has 100 valence electrons. The maximum Gasteiger partial charge on any atom is 0.139 e. The molecule has 2 aromatic rings. The maximum atomic E-state index is 6.01. The zero-order valence-corrected chi connectivity index (χ0v) is 12.1. The van der Waals surface area contributed by atoms with Crippen LogP contribution in [0.4, 0.5) is 5.69 Å². The normalized spacial score (nSPS) is 10.3. The van der Waals surface area contributed by atoms with Crippen LogP contribution in [0, 0.1) is 6.92 Å². The van der Waals surface area contributed by atoms with Crippen LogP contribution in [0.25, 0.3) is 0 Å². The summed E-state index contributed by atoms with van der Waals surface area (Å²) in [6.07, 6.45) is 0. The highest BCUT2D eigenvalue weighted by Gasteiger charge is 2.02. The fraction of sp³-hybridized carbons (Fsp3) is 0.200. The fourth-order valence-electron chi connectivity index (χ4n) is 1.62. The van der Waals surface area contributed by atoms with Crippen LogP contribution in [0.2, 0.25) is 10.0 Å². The summed E-state index contributed by atoms with van der Waals surface area (Å²) in [4.78, 5) is 0. The van der Waals surface area contributed by atoms with Gasteiger partial charge in [-0.3, -0.25) is 0 Å². The smallest absolute Gasteiger partial charge is 0.139 e. The Bertz CT molecular complexity index is 540. The lowest BCUT2D eigenvalue weighted by molar-refractivity contribution is 0.333. The molecule has 2 rings (SSSR count). The molecule has 0 aromatic heterocycles. The van der Waals surface area contributed by atoms with E-state index in [1.165, 1.54) is 5.56 Å². The molecule has 0 bridgehead atoms. The zero-order valence-electron chi connectivity index (χ0n) is 10.6. The van der Waals surface area contributed by atoms with Crippen molar-refractivity contribution in [2.45, 2.75) is 6.92 Å². The Kier molecular flexibility index (Phi) is 4.94. The molecule has 0 atom stereocenters. The molecule has 2 nitrogen and oxygen atoms in total. The Hall–Kier alpha value is -1.38. The zero-order chi connectivity index (χ0) is 13.7. The van der Waals surface area contributed by atoms with Crippen molar-refractivity contribution in [1.29, 1.82) is 0 Å². The van der Waals surface area contributed by atoms with Crippen LogP contribution in [0.5, 0.6) is 5.75 Å². The van der Waals surface area contributed by atoms with Gasteiger partial charge < -0.3 is 10.1 Å². The molecule has 1 N–H and O–H groups in total. The Morgan fingerprint density at radius 2 is 1.79 bits per heavy atom. The van der Waals surface area contributed by atoms with Gasteiger partial charge in [-0.25, -0.2) is 0 Å². The van der Waals surface area contributed by atoms with Gasteiger partial charge in [-0.2, -0.15) is 0 Å². The summed E-state index contributed by atoms with van der Waals surface area (Å²) in [6, 6.07) is 13.4. The Morgan fingerprint density at radius 3 is 2.53 bits per heavy atom. The number of rotatable bonds is 5. The average Bonchev–Trinajstić information content (AvgIpc) is 2.40. The summed E-state index contributed by atoms with van der Waals surface area (Å²) in [6.45, 7) is 3.29. The van der Waals surface area contributed by atoms with Gasteiger partial charge in [0.25, 0.3) is 0 Å². The lowest BCUT2D eigenvalue weighted by Gasteiger charge is -2.10. The summed E-state index contributed by atoms with van der Waals surface area (Å²) in [5.41, 5.74) is 2.32. The highest BCUT2D eigenvalue weighted by Crippen LogP contribution is 2.27. The molecule has 0 amide bonds. The van der Waals surface area contributed by atoms with Gasteiger partial charge in [0.15, 0.2) is 0 Å². The number of nitrogens with one attached hydrogen (secondary N) is 1. The van der Waals surface area contributed by atoms with Crippen molar-refractivity contribution < 1.29 is 4.74 Å². The Labute approximate surface area is 123 Å². The minimum Gasteiger partial charge on any atom is -0.490 e. The first-order chi connectivity index (χ1) is 9.15. The summed E-state index contributed by atoms with van der Waals surface area (Å²) in [7, 11) is 0. The number of aryl methyl sites for hydroxylation is 1. The molecule has 0 aliphatic rings. The summed E-state index contributed by atoms with van der Waals surface area (Å²) in [5.74, 6) is 0.611. The first kappa shape index (κ1) is 14.0. The Balaban J connectivity index is 1.80. The number of hydrogen-bond acceptors (Lipinski definition) is 2. The molecule has 0 radical (unpaired) electrons. The predicted molar refractivity (Wildman–Crippen MR) is 81.6 cm³/mol. The molecule has 0 saturated heterocycles. The van der Waals surface area contributed by atoms with Crippen LogP contribution in [0.15, 0.2) is 42.5 Å². The van der Waals surface area contributed by atoms with Gasteiger partial charge in [-0.05, 0) is 31.2 Å². The van der Waals surface area contributed by atoms with E-state index in [-0.39, 0.29) is 0 Å². The van der Waals surface area contributed by atoms with Gasteiger partial charge in [-0.1, -0.05) is 40.9 Å². The largest absolute Gasteiger partial charge is 0.490 e. The van der Waals surface area contributed by atoms with Gasteiger partial charge in [-0.15, -0.1) is 0 Å². The maximum absolute atomic E-state index is 6.01. The molecule has 0 saturated carbocycles. The average molecular weight is 296 g/mol. The van der Waals surface area contributed by atoms with Crippen LogP contribution in [-0.2, 0) is 0 Å². The molecule has 0 aliphatic carbocycles. The minimum atomic E-state index is 0.522. The molecule has 19 heavy (non-hydrogen) atoms. The van der Waals surface area contributed by atoms with Crippen LogP contribution < -0.4 is 10.1 Å². The minimum absolute atomic E-state index is 0.522. The molecular weight excluding hydrogens is 281 g/mol. The fourth-order valence-corrected chi connectivity index (χ4v) is 1.95. The summed E-state index contributed by atoms with van der Waals surface area (Å²) < 4.78 is 5.58. The van der Waals surface area contributed by atoms with E-state index < -0.39 is 0 Å². The van der Waals surface area contributed by atoms with E-state index >= 15 is 0 Å². The van der Waals surface area contributed by atoms with Crippen molar-refractivity contribution in [3.63, 3.8) is 0 Å².